The number of amides is 1. The van der Waals surface area contributed by atoms with Gasteiger partial charge in [0.25, 0.3) is 10.0 Å². The summed E-state index contributed by atoms with van der Waals surface area (Å²) in [5, 5.41) is 9.84. The van der Waals surface area contributed by atoms with Crippen LogP contribution in [0.3, 0.4) is 0 Å². The van der Waals surface area contributed by atoms with E-state index in [0.717, 1.165) is 33.2 Å². The van der Waals surface area contributed by atoms with Crippen molar-refractivity contribution in [2.24, 2.45) is 0 Å². The molecule has 160 valence electrons. The highest BCUT2D eigenvalue weighted by atomic mass is 32.2. The number of aromatic amines is 1. The third-order valence-corrected chi connectivity index (χ3v) is 7.91. The smallest absolute Gasteiger partial charge is 0.252 e. The second kappa shape index (κ2) is 9.50. The Morgan fingerprint density at radius 3 is 2.67 bits per heavy atom. The van der Waals surface area contributed by atoms with Gasteiger partial charge in [-0.25, -0.2) is 17.1 Å². The molecular weight excluding hydrogens is 427 g/mol. The van der Waals surface area contributed by atoms with Crippen LogP contribution >= 0.6 is 11.3 Å². The number of benzene rings is 1. The minimum Gasteiger partial charge on any atom is -0.351 e. The van der Waals surface area contributed by atoms with Gasteiger partial charge in [0.1, 0.15) is 10.0 Å². The van der Waals surface area contributed by atoms with E-state index in [9.17, 15) is 17.6 Å². The first-order chi connectivity index (χ1) is 14.3. The zero-order valence-electron chi connectivity index (χ0n) is 16.7. The highest BCUT2D eigenvalue weighted by molar-refractivity contribution is 7.91. The molecule has 10 heteroatoms. The largest absolute Gasteiger partial charge is 0.351 e. The van der Waals surface area contributed by atoms with Gasteiger partial charge in [0.05, 0.1) is 12.2 Å². The van der Waals surface area contributed by atoms with Crippen molar-refractivity contribution in [2.45, 2.75) is 30.5 Å². The van der Waals surface area contributed by atoms with Crippen molar-refractivity contribution in [3.05, 3.63) is 58.9 Å². The number of nitrogens with zero attached hydrogens (tertiary/aromatic N) is 2. The molecule has 30 heavy (non-hydrogen) atoms. The molecule has 0 saturated heterocycles. The summed E-state index contributed by atoms with van der Waals surface area (Å²) in [4.78, 5) is 11.8. The number of aromatic nitrogens is 2. The Labute approximate surface area is 179 Å². The number of hydrogen-bond donors (Lipinski definition) is 2. The van der Waals surface area contributed by atoms with Gasteiger partial charge in [0.15, 0.2) is 0 Å². The fourth-order valence-corrected chi connectivity index (χ4v) is 5.54. The van der Waals surface area contributed by atoms with E-state index in [1.165, 1.54) is 23.4 Å². The second-order valence-electron chi connectivity index (χ2n) is 6.85. The Bertz CT molecular complexity index is 1110. The zero-order chi connectivity index (χ0) is 21.7. The van der Waals surface area contributed by atoms with E-state index in [1.807, 2.05) is 6.07 Å². The van der Waals surface area contributed by atoms with E-state index in [-0.39, 0.29) is 15.9 Å². The summed E-state index contributed by atoms with van der Waals surface area (Å²) in [6, 6.07) is 11.3. The van der Waals surface area contributed by atoms with Crippen LogP contribution in [0.1, 0.15) is 23.9 Å². The summed E-state index contributed by atoms with van der Waals surface area (Å²) < 4.78 is 40.1. The fraction of sp³-hybridized carbons (Fsp3) is 0.300. The van der Waals surface area contributed by atoms with Crippen molar-refractivity contribution in [3.8, 4) is 11.3 Å². The van der Waals surface area contributed by atoms with Gasteiger partial charge in [0.2, 0.25) is 5.91 Å². The lowest BCUT2D eigenvalue weighted by atomic mass is 10.1. The molecular formula is C20H23FN4O3S2. The number of sulfonamides is 1. The minimum absolute atomic E-state index is 0.161. The SMILES string of the molecule is CC(=O)NCc1ccc(S(=O)(=O)N(C)CCCc2cc(-c3ccc(F)cc3)n[nH]2)s1. The van der Waals surface area contributed by atoms with Gasteiger partial charge in [-0.1, -0.05) is 0 Å². The maximum Gasteiger partial charge on any atom is 0.252 e. The number of aryl methyl sites for hydroxylation is 1. The highest BCUT2D eigenvalue weighted by Crippen LogP contribution is 2.25. The quantitative estimate of drug-likeness (QED) is 0.524. The van der Waals surface area contributed by atoms with Crippen LogP contribution in [-0.2, 0) is 27.8 Å². The number of hydrogen-bond acceptors (Lipinski definition) is 5. The Hall–Kier alpha value is -2.56. The van der Waals surface area contributed by atoms with Crippen LogP contribution in [0.15, 0.2) is 46.7 Å². The second-order valence-corrected chi connectivity index (χ2v) is 10.3. The van der Waals surface area contributed by atoms with Crippen LogP contribution in [0.2, 0.25) is 0 Å². The number of H-pyrrole nitrogens is 1. The molecule has 0 aliphatic carbocycles. The maximum absolute atomic E-state index is 13.0. The van der Waals surface area contributed by atoms with Crippen LogP contribution in [0.25, 0.3) is 11.3 Å². The average molecular weight is 451 g/mol. The maximum atomic E-state index is 13.0. The Balaban J connectivity index is 1.54. The van der Waals surface area contributed by atoms with Crippen LogP contribution in [0.5, 0.6) is 0 Å². The van der Waals surface area contributed by atoms with E-state index in [2.05, 4.69) is 15.5 Å². The molecule has 0 unspecified atom stereocenters. The molecule has 0 aliphatic rings. The lowest BCUT2D eigenvalue weighted by molar-refractivity contribution is -0.119. The first-order valence-corrected chi connectivity index (χ1v) is 11.6. The number of halogens is 1. The first kappa shape index (κ1) is 22.1. The van der Waals surface area contributed by atoms with Crippen LogP contribution in [0.4, 0.5) is 4.39 Å². The molecule has 2 aromatic heterocycles. The van der Waals surface area contributed by atoms with E-state index in [1.54, 1.807) is 31.3 Å². The molecule has 3 rings (SSSR count). The molecule has 0 aliphatic heterocycles. The molecule has 7 nitrogen and oxygen atoms in total. The topological polar surface area (TPSA) is 95.2 Å². The Morgan fingerprint density at radius 2 is 1.97 bits per heavy atom. The molecule has 0 bridgehead atoms. The van der Waals surface area contributed by atoms with Gasteiger partial charge in [-0.3, -0.25) is 9.89 Å². The minimum atomic E-state index is -3.58. The number of rotatable bonds is 9. The summed E-state index contributed by atoms with van der Waals surface area (Å²) in [7, 11) is -2.02. The summed E-state index contributed by atoms with van der Waals surface area (Å²) >= 11 is 1.15. The van der Waals surface area contributed by atoms with Gasteiger partial charge in [-0.15, -0.1) is 11.3 Å². The third-order valence-electron chi connectivity index (χ3n) is 4.50. The van der Waals surface area contributed by atoms with Crippen molar-refractivity contribution in [3.63, 3.8) is 0 Å². The first-order valence-electron chi connectivity index (χ1n) is 9.35. The monoisotopic (exact) mass is 450 g/mol. The van der Waals surface area contributed by atoms with E-state index in [4.69, 9.17) is 0 Å². The van der Waals surface area contributed by atoms with Crippen molar-refractivity contribution in [1.82, 2.24) is 19.8 Å². The van der Waals surface area contributed by atoms with Crippen LogP contribution < -0.4 is 5.32 Å². The highest BCUT2D eigenvalue weighted by Gasteiger charge is 2.22. The van der Waals surface area contributed by atoms with Crippen molar-refractivity contribution < 1.29 is 17.6 Å². The van der Waals surface area contributed by atoms with Crippen LogP contribution in [0, 0.1) is 5.82 Å². The van der Waals surface area contributed by atoms with E-state index < -0.39 is 10.0 Å². The van der Waals surface area contributed by atoms with Gasteiger partial charge in [0, 0.05) is 36.7 Å². The number of carbonyl (C=O) groups excluding carboxylic acids is 1. The van der Waals surface area contributed by atoms with Crippen molar-refractivity contribution in [2.75, 3.05) is 13.6 Å². The lowest BCUT2D eigenvalue weighted by Gasteiger charge is -2.15. The van der Waals surface area contributed by atoms with Gasteiger partial charge in [-0.2, -0.15) is 5.10 Å². The molecule has 0 fully saturated rings. The summed E-state index contributed by atoms with van der Waals surface area (Å²) in [5.74, 6) is -0.460. The molecule has 1 amide bonds. The molecule has 2 N–H and O–H groups in total. The number of thiophene rings is 1. The summed E-state index contributed by atoms with van der Waals surface area (Å²) in [6.45, 7) is 2.09. The molecule has 0 radical (unpaired) electrons. The Kier molecular flexibility index (Phi) is 7.01. The predicted molar refractivity (Wildman–Crippen MR) is 114 cm³/mol. The summed E-state index contributed by atoms with van der Waals surface area (Å²) in [6.07, 6.45) is 1.25. The normalized spacial score (nSPS) is 11.7. The standard InChI is InChI=1S/C20H23FN4O3S2/c1-14(26)22-13-18-9-10-20(29-18)30(27,28)25(2)11-3-4-17-12-19(24-23-17)15-5-7-16(21)8-6-15/h5-10,12H,3-4,11,13H2,1-2H3,(H,22,26)(H,23,24). The van der Waals surface area contributed by atoms with Gasteiger partial charge < -0.3 is 5.32 Å². The number of carbonyl (C=O) groups is 1. The predicted octanol–water partition coefficient (Wildman–Crippen LogP) is 3.17. The van der Waals surface area contributed by atoms with Crippen LogP contribution in [-0.4, -0.2) is 42.4 Å². The Morgan fingerprint density at radius 1 is 1.23 bits per heavy atom. The molecule has 1 aromatic carbocycles. The lowest BCUT2D eigenvalue weighted by Crippen LogP contribution is -2.27. The van der Waals surface area contributed by atoms with E-state index in [0.29, 0.717) is 25.9 Å². The molecule has 2 heterocycles. The van der Waals surface area contributed by atoms with Gasteiger partial charge in [-0.05, 0) is 55.3 Å². The summed E-state index contributed by atoms with van der Waals surface area (Å²) in [5.41, 5.74) is 2.41. The van der Waals surface area contributed by atoms with Crippen molar-refractivity contribution in [1.29, 1.82) is 0 Å². The van der Waals surface area contributed by atoms with Gasteiger partial charge >= 0.3 is 0 Å². The molecule has 0 atom stereocenters. The fourth-order valence-electron chi connectivity index (χ4n) is 2.83. The average Bonchev–Trinajstić information content (AvgIpc) is 3.37. The van der Waals surface area contributed by atoms with Crippen molar-refractivity contribution >= 4 is 27.3 Å². The molecule has 0 saturated carbocycles. The molecule has 3 aromatic rings. The third kappa shape index (κ3) is 5.53. The number of nitrogens with one attached hydrogen (secondary N) is 2. The zero-order valence-corrected chi connectivity index (χ0v) is 18.3. The van der Waals surface area contributed by atoms with E-state index >= 15 is 0 Å². The molecule has 0 spiro atoms.